The Morgan fingerprint density at radius 1 is 1.40 bits per heavy atom. The van der Waals surface area contributed by atoms with E-state index in [1.54, 1.807) is 0 Å². The van der Waals surface area contributed by atoms with E-state index in [9.17, 15) is 0 Å². The van der Waals surface area contributed by atoms with Crippen LogP contribution in [0, 0.1) is 0 Å². The summed E-state index contributed by atoms with van der Waals surface area (Å²) in [5.41, 5.74) is 5.30. The van der Waals surface area contributed by atoms with Gasteiger partial charge in [0, 0.05) is 0 Å². The Morgan fingerprint density at radius 3 is 2.20 bits per heavy atom. The van der Waals surface area contributed by atoms with Gasteiger partial charge in [-0.15, -0.1) is 10.2 Å². The van der Waals surface area contributed by atoms with E-state index in [-0.39, 0.29) is 0 Å². The maximum atomic E-state index is 5.30. The molecule has 0 atom stereocenters. The number of nitrogens with two attached hydrogens (primary N) is 1. The Balaban J connectivity index is 0.000000371. The largest absolute Gasteiger partial charge is 0.374 e. The maximum absolute atomic E-state index is 5.30. The predicted octanol–water partition coefficient (Wildman–Crippen LogP) is 1.71. The highest BCUT2D eigenvalue weighted by Gasteiger charge is 1.94. The van der Waals surface area contributed by atoms with Crippen LogP contribution in [0.5, 0.6) is 0 Å². The van der Waals surface area contributed by atoms with Gasteiger partial charge in [0.15, 0.2) is 0 Å². The third-order valence-corrected chi connectivity index (χ3v) is 1.68. The number of nitrogen functional groups attached to an aromatic ring is 1. The van der Waals surface area contributed by atoms with Crippen molar-refractivity contribution in [3.8, 4) is 0 Å². The van der Waals surface area contributed by atoms with Crippen molar-refractivity contribution in [3.63, 3.8) is 0 Å². The molecule has 4 heteroatoms. The second-order valence-corrected chi connectivity index (χ2v) is 2.48. The summed E-state index contributed by atoms with van der Waals surface area (Å²) in [4.78, 5) is 0. The highest BCUT2D eigenvalue weighted by molar-refractivity contribution is 7.15. The molecule has 0 radical (unpaired) electrons. The molecule has 1 aromatic heterocycles. The second kappa shape index (κ2) is 5.17. The molecule has 1 rings (SSSR count). The molecule has 0 saturated heterocycles. The Labute approximate surface area is 65.3 Å². The van der Waals surface area contributed by atoms with Crippen LogP contribution in [0.3, 0.4) is 0 Å². The van der Waals surface area contributed by atoms with Crippen LogP contribution in [0.15, 0.2) is 0 Å². The Bertz CT molecular complexity index is 173. The lowest BCUT2D eigenvalue weighted by atomic mass is 10.5. The SMILES string of the molecule is CC.CCc1nnc(N)s1. The molecule has 0 bridgehead atoms. The summed E-state index contributed by atoms with van der Waals surface area (Å²) in [7, 11) is 0. The van der Waals surface area contributed by atoms with Crippen molar-refractivity contribution in [1.29, 1.82) is 0 Å². The molecule has 0 spiro atoms. The summed E-state index contributed by atoms with van der Waals surface area (Å²) in [5, 5.41) is 8.97. The van der Waals surface area contributed by atoms with Crippen LogP contribution in [0.2, 0.25) is 0 Å². The summed E-state index contributed by atoms with van der Waals surface area (Å²) < 4.78 is 0. The molecule has 3 nitrogen and oxygen atoms in total. The summed E-state index contributed by atoms with van der Waals surface area (Å²) in [6.07, 6.45) is 0.925. The van der Waals surface area contributed by atoms with Gasteiger partial charge in [-0.2, -0.15) is 0 Å². The number of anilines is 1. The van der Waals surface area contributed by atoms with E-state index >= 15 is 0 Å². The maximum Gasteiger partial charge on any atom is 0.203 e. The minimum Gasteiger partial charge on any atom is -0.374 e. The fraction of sp³-hybridized carbons (Fsp3) is 0.667. The molecule has 0 unspecified atom stereocenters. The molecule has 0 aliphatic carbocycles. The van der Waals surface area contributed by atoms with Gasteiger partial charge in [-0.3, -0.25) is 0 Å². The van der Waals surface area contributed by atoms with Gasteiger partial charge in [0.25, 0.3) is 0 Å². The lowest BCUT2D eigenvalue weighted by molar-refractivity contribution is 0.988. The molecule has 0 aliphatic rings. The average Bonchev–Trinajstić information content (AvgIpc) is 2.40. The number of hydrogen-bond acceptors (Lipinski definition) is 4. The first kappa shape index (κ1) is 9.36. The highest BCUT2D eigenvalue weighted by Crippen LogP contribution is 2.10. The van der Waals surface area contributed by atoms with Crippen molar-refractivity contribution < 1.29 is 0 Å². The lowest BCUT2D eigenvalue weighted by Gasteiger charge is -1.75. The second-order valence-electron chi connectivity index (χ2n) is 1.39. The van der Waals surface area contributed by atoms with Gasteiger partial charge >= 0.3 is 0 Å². The van der Waals surface area contributed by atoms with Crippen molar-refractivity contribution in [2.24, 2.45) is 0 Å². The van der Waals surface area contributed by atoms with Crippen LogP contribution in [0.1, 0.15) is 25.8 Å². The van der Waals surface area contributed by atoms with E-state index in [2.05, 4.69) is 10.2 Å². The Morgan fingerprint density at radius 2 is 2.00 bits per heavy atom. The van der Waals surface area contributed by atoms with Crippen LogP contribution in [0.4, 0.5) is 5.13 Å². The smallest absolute Gasteiger partial charge is 0.203 e. The van der Waals surface area contributed by atoms with E-state index in [1.807, 2.05) is 20.8 Å². The van der Waals surface area contributed by atoms with E-state index in [1.165, 1.54) is 11.3 Å². The standard InChI is InChI=1S/C4H7N3S.C2H6/c1-2-3-6-7-4(5)8-3;1-2/h2H2,1H3,(H2,5,7);1-2H3. The van der Waals surface area contributed by atoms with Crippen molar-refractivity contribution >= 4 is 16.5 Å². The normalized spacial score (nSPS) is 8.30. The average molecular weight is 159 g/mol. The lowest BCUT2D eigenvalue weighted by Crippen LogP contribution is -1.80. The first-order valence-corrected chi connectivity index (χ1v) is 4.22. The van der Waals surface area contributed by atoms with Crippen molar-refractivity contribution in [2.75, 3.05) is 5.73 Å². The van der Waals surface area contributed by atoms with E-state index in [4.69, 9.17) is 5.73 Å². The van der Waals surface area contributed by atoms with Crippen LogP contribution in [-0.2, 0) is 6.42 Å². The van der Waals surface area contributed by atoms with Gasteiger partial charge in [0.2, 0.25) is 5.13 Å². The molecule has 0 aromatic carbocycles. The number of nitrogens with zero attached hydrogens (tertiary/aromatic N) is 2. The van der Waals surface area contributed by atoms with Crippen LogP contribution in [-0.4, -0.2) is 10.2 Å². The van der Waals surface area contributed by atoms with Crippen molar-refractivity contribution in [2.45, 2.75) is 27.2 Å². The van der Waals surface area contributed by atoms with Gasteiger partial charge in [-0.05, 0) is 6.42 Å². The highest BCUT2D eigenvalue weighted by atomic mass is 32.1. The molecule has 0 amide bonds. The van der Waals surface area contributed by atoms with Crippen molar-refractivity contribution in [1.82, 2.24) is 10.2 Å². The van der Waals surface area contributed by atoms with Gasteiger partial charge in [-0.1, -0.05) is 32.1 Å². The number of hydrogen-bond donors (Lipinski definition) is 1. The van der Waals surface area contributed by atoms with Gasteiger partial charge in [-0.25, -0.2) is 0 Å². The summed E-state index contributed by atoms with van der Waals surface area (Å²) in [6, 6.07) is 0. The number of aromatic nitrogens is 2. The van der Waals surface area contributed by atoms with Crippen LogP contribution < -0.4 is 5.73 Å². The van der Waals surface area contributed by atoms with E-state index < -0.39 is 0 Å². The molecule has 1 heterocycles. The molecular weight excluding hydrogens is 146 g/mol. The zero-order valence-electron chi connectivity index (χ0n) is 6.59. The third kappa shape index (κ3) is 2.77. The van der Waals surface area contributed by atoms with Gasteiger partial charge < -0.3 is 5.73 Å². The Kier molecular flexibility index (Phi) is 4.84. The quantitative estimate of drug-likeness (QED) is 0.678. The molecule has 1 aromatic rings. The zero-order chi connectivity index (χ0) is 7.98. The topological polar surface area (TPSA) is 51.8 Å². The summed E-state index contributed by atoms with van der Waals surface area (Å²) >= 11 is 1.44. The fourth-order valence-electron chi connectivity index (χ4n) is 0.409. The monoisotopic (exact) mass is 159 g/mol. The van der Waals surface area contributed by atoms with Crippen LogP contribution >= 0.6 is 11.3 Å². The molecule has 0 fully saturated rings. The fourth-order valence-corrected chi connectivity index (χ4v) is 0.959. The molecule has 2 N–H and O–H groups in total. The van der Waals surface area contributed by atoms with E-state index in [0.717, 1.165) is 11.4 Å². The van der Waals surface area contributed by atoms with Crippen LogP contribution in [0.25, 0.3) is 0 Å². The Hall–Kier alpha value is -0.640. The molecular formula is C6H13N3S. The summed E-state index contributed by atoms with van der Waals surface area (Å²) in [5.74, 6) is 0. The molecule has 10 heavy (non-hydrogen) atoms. The van der Waals surface area contributed by atoms with Crippen molar-refractivity contribution in [3.05, 3.63) is 5.01 Å². The summed E-state index contributed by atoms with van der Waals surface area (Å²) in [6.45, 7) is 6.03. The molecule has 58 valence electrons. The first-order chi connectivity index (χ1) is 4.83. The minimum atomic E-state index is 0.557. The van der Waals surface area contributed by atoms with Gasteiger partial charge in [0.1, 0.15) is 5.01 Å². The molecule has 0 saturated carbocycles. The third-order valence-electron chi connectivity index (χ3n) is 0.785. The predicted molar refractivity (Wildman–Crippen MR) is 45.0 cm³/mol. The number of rotatable bonds is 1. The first-order valence-electron chi connectivity index (χ1n) is 3.40. The zero-order valence-corrected chi connectivity index (χ0v) is 7.40. The number of aryl methyl sites for hydroxylation is 1. The van der Waals surface area contributed by atoms with E-state index in [0.29, 0.717) is 5.13 Å². The van der Waals surface area contributed by atoms with Gasteiger partial charge in [0.05, 0.1) is 0 Å². The minimum absolute atomic E-state index is 0.557. The molecule has 0 aliphatic heterocycles.